The molecule has 0 nitrogen and oxygen atoms in total. The predicted octanol–water partition coefficient (Wildman–Crippen LogP) is -1.08. The first-order valence-electron chi connectivity index (χ1n) is 2.09. The summed E-state index contributed by atoms with van der Waals surface area (Å²) in [4.78, 5) is 0. The average molecular weight is 132 g/mol. The van der Waals surface area contributed by atoms with E-state index in [1.165, 1.54) is 0 Å². The molecule has 0 N–H and O–H groups in total. The van der Waals surface area contributed by atoms with Crippen LogP contribution in [-0.2, 0) is 0 Å². The minimum absolute atomic E-state index is 0. The number of rotatable bonds is 0. The number of alkyl halides is 2. The quantitative estimate of drug-likeness (QED) is 0.368. The summed E-state index contributed by atoms with van der Waals surface area (Å²) in [6, 6.07) is 0. The van der Waals surface area contributed by atoms with Gasteiger partial charge in [0.15, 0.2) is 0 Å². The summed E-state index contributed by atoms with van der Waals surface area (Å²) < 4.78 is 23.1. The molecule has 0 radical (unpaired) electrons. The van der Waals surface area contributed by atoms with E-state index in [-0.39, 0.29) is 65.7 Å². The first kappa shape index (κ1) is 8.50. The maximum Gasteiger partial charge on any atom is 1.00 e. The van der Waals surface area contributed by atoms with Crippen molar-refractivity contribution < 1.29 is 61.6 Å². The van der Waals surface area contributed by atoms with Gasteiger partial charge >= 0.3 is 51.4 Å². The van der Waals surface area contributed by atoms with Crippen molar-refractivity contribution in [3.05, 3.63) is 0 Å². The van der Waals surface area contributed by atoms with E-state index in [9.17, 15) is 8.78 Å². The molecule has 1 rings (SSSR count). The van der Waals surface area contributed by atoms with Gasteiger partial charge < -0.3 is 1.43 Å². The van der Waals surface area contributed by atoms with Gasteiger partial charge in [-0.1, -0.05) is 0 Å². The molecule has 0 aromatic rings. The average Bonchev–Trinajstić information content (AvgIpc) is 1.32. The van der Waals surface area contributed by atoms with Gasteiger partial charge in [-0.15, -0.1) is 0 Å². The Morgan fingerprint density at radius 2 is 1.57 bits per heavy atom. The molecule has 0 aromatic carbocycles. The van der Waals surface area contributed by atoms with Crippen LogP contribution in [0.2, 0.25) is 0 Å². The summed E-state index contributed by atoms with van der Waals surface area (Å²) in [6.07, 6.45) is 0.951. The van der Waals surface area contributed by atoms with Crippen LogP contribution in [0.25, 0.3) is 0 Å². The Balaban J connectivity index is 0. The van der Waals surface area contributed by atoms with E-state index in [1.54, 1.807) is 0 Å². The predicted molar refractivity (Wildman–Crippen MR) is 19.9 cm³/mol. The van der Waals surface area contributed by atoms with Crippen LogP contribution in [-0.4, -0.2) is 5.92 Å². The Bertz CT molecular complexity index is 61.1. The van der Waals surface area contributed by atoms with Crippen molar-refractivity contribution in [1.29, 1.82) is 0 Å². The van der Waals surface area contributed by atoms with Gasteiger partial charge in [0.2, 0.25) is 5.92 Å². The molecule has 1 fully saturated rings. The second-order valence-corrected chi connectivity index (χ2v) is 1.71. The number of hydrogen-bond acceptors (Lipinski definition) is 0. The van der Waals surface area contributed by atoms with Crippen LogP contribution in [0.5, 0.6) is 0 Å². The van der Waals surface area contributed by atoms with Crippen molar-refractivity contribution >= 4 is 0 Å². The van der Waals surface area contributed by atoms with E-state index in [0.717, 1.165) is 0 Å². The molecular formula is C4H7F2K. The standard InChI is InChI=1S/C4H6F2.K.H/c5-4(6)2-1-3-4;;/h1-3H2;;/q;+1;-1. The van der Waals surface area contributed by atoms with E-state index in [0.29, 0.717) is 6.42 Å². The molecule has 1 aliphatic rings. The third kappa shape index (κ3) is 2.51. The summed E-state index contributed by atoms with van der Waals surface area (Å²) in [7, 11) is 0. The van der Waals surface area contributed by atoms with E-state index in [1.807, 2.05) is 0 Å². The van der Waals surface area contributed by atoms with Gasteiger partial charge in [-0.05, 0) is 6.42 Å². The van der Waals surface area contributed by atoms with Crippen LogP contribution in [0, 0.1) is 0 Å². The Hall–Kier alpha value is 1.50. The molecule has 0 atom stereocenters. The minimum Gasteiger partial charge on any atom is -1.00 e. The molecule has 0 aromatic heterocycles. The maximum atomic E-state index is 11.5. The van der Waals surface area contributed by atoms with Crippen molar-refractivity contribution in [1.82, 2.24) is 0 Å². The van der Waals surface area contributed by atoms with Gasteiger partial charge in [0.25, 0.3) is 0 Å². The van der Waals surface area contributed by atoms with E-state index >= 15 is 0 Å². The van der Waals surface area contributed by atoms with Crippen molar-refractivity contribution in [3.63, 3.8) is 0 Å². The molecule has 3 heteroatoms. The molecule has 1 aliphatic carbocycles. The van der Waals surface area contributed by atoms with Crippen molar-refractivity contribution in [2.45, 2.75) is 25.2 Å². The SMILES string of the molecule is FC1(F)CCC1.[H-].[K+]. The van der Waals surface area contributed by atoms with Gasteiger partial charge in [-0.2, -0.15) is 0 Å². The second kappa shape index (κ2) is 2.87. The molecule has 38 valence electrons. The Labute approximate surface area is 85.6 Å². The molecule has 0 saturated heterocycles. The Kier molecular flexibility index (Phi) is 3.49. The van der Waals surface area contributed by atoms with E-state index < -0.39 is 5.92 Å². The molecule has 0 heterocycles. The van der Waals surface area contributed by atoms with E-state index in [2.05, 4.69) is 0 Å². The number of halogens is 2. The summed E-state index contributed by atoms with van der Waals surface area (Å²) in [5.74, 6) is -2.28. The molecule has 0 aliphatic heterocycles. The Morgan fingerprint density at radius 1 is 1.29 bits per heavy atom. The molecule has 0 unspecified atom stereocenters. The summed E-state index contributed by atoms with van der Waals surface area (Å²) in [5.41, 5.74) is 0. The molecule has 0 spiro atoms. The van der Waals surface area contributed by atoms with Crippen molar-refractivity contribution in [2.24, 2.45) is 0 Å². The van der Waals surface area contributed by atoms with Crippen LogP contribution in [0.15, 0.2) is 0 Å². The third-order valence-electron chi connectivity index (χ3n) is 1.09. The van der Waals surface area contributed by atoms with Gasteiger partial charge in [-0.25, -0.2) is 8.78 Å². The van der Waals surface area contributed by atoms with Gasteiger partial charge in [0.05, 0.1) is 0 Å². The smallest absolute Gasteiger partial charge is 1.00 e. The largest absolute Gasteiger partial charge is 1.00 e. The van der Waals surface area contributed by atoms with Crippen LogP contribution in [0.3, 0.4) is 0 Å². The summed E-state index contributed by atoms with van der Waals surface area (Å²) in [6.45, 7) is 0. The van der Waals surface area contributed by atoms with Crippen LogP contribution in [0.1, 0.15) is 20.7 Å². The van der Waals surface area contributed by atoms with Gasteiger partial charge in [0.1, 0.15) is 0 Å². The Morgan fingerprint density at radius 3 is 1.57 bits per heavy atom. The van der Waals surface area contributed by atoms with Crippen molar-refractivity contribution in [2.75, 3.05) is 0 Å². The number of hydrogen-bond donors (Lipinski definition) is 0. The topological polar surface area (TPSA) is 0 Å². The first-order chi connectivity index (χ1) is 2.71. The zero-order valence-corrected chi connectivity index (χ0v) is 7.50. The van der Waals surface area contributed by atoms with Crippen LogP contribution in [0.4, 0.5) is 8.78 Å². The van der Waals surface area contributed by atoms with Crippen LogP contribution >= 0.6 is 0 Å². The van der Waals surface area contributed by atoms with Crippen LogP contribution < -0.4 is 51.4 Å². The summed E-state index contributed by atoms with van der Waals surface area (Å²) >= 11 is 0. The summed E-state index contributed by atoms with van der Waals surface area (Å²) in [5, 5.41) is 0. The van der Waals surface area contributed by atoms with Gasteiger partial charge in [0, 0.05) is 12.8 Å². The monoisotopic (exact) mass is 132 g/mol. The zero-order chi connectivity index (χ0) is 4.62. The molecule has 1 saturated carbocycles. The molecule has 7 heavy (non-hydrogen) atoms. The fourth-order valence-electron chi connectivity index (χ4n) is 0.444. The maximum absolute atomic E-state index is 11.5. The van der Waals surface area contributed by atoms with Gasteiger partial charge in [-0.3, -0.25) is 0 Å². The normalized spacial score (nSPS) is 24.9. The fraction of sp³-hybridized carbons (Fsp3) is 1.00. The first-order valence-corrected chi connectivity index (χ1v) is 2.09. The fourth-order valence-corrected chi connectivity index (χ4v) is 0.444. The minimum atomic E-state index is -2.28. The third-order valence-corrected chi connectivity index (χ3v) is 1.09. The van der Waals surface area contributed by atoms with E-state index in [4.69, 9.17) is 0 Å². The molecule has 0 bridgehead atoms. The van der Waals surface area contributed by atoms with Crippen molar-refractivity contribution in [3.8, 4) is 0 Å². The molecular weight excluding hydrogens is 125 g/mol. The molecule has 0 amide bonds. The zero-order valence-electron chi connectivity index (χ0n) is 5.38. The second-order valence-electron chi connectivity index (χ2n) is 1.71.